The SMILES string of the molecule is [CH2-]COC(C(C)C)N1CCC(NC)C1=O.[CH3-].[Y]. The molecule has 1 heterocycles. The van der Waals surface area contributed by atoms with E-state index in [0.29, 0.717) is 12.5 Å². The Morgan fingerprint density at radius 3 is 2.53 bits per heavy atom. The average molecular weight is 317 g/mol. The van der Waals surface area contributed by atoms with Gasteiger partial charge in [0.2, 0.25) is 5.91 Å². The van der Waals surface area contributed by atoms with Gasteiger partial charge in [-0.2, -0.15) is 0 Å². The topological polar surface area (TPSA) is 41.6 Å². The number of carbonyl (C=O) groups is 1. The summed E-state index contributed by atoms with van der Waals surface area (Å²) >= 11 is 0. The Labute approximate surface area is 131 Å². The second kappa shape index (κ2) is 9.43. The summed E-state index contributed by atoms with van der Waals surface area (Å²) < 4.78 is 5.52. The summed E-state index contributed by atoms with van der Waals surface area (Å²) in [5, 5.41) is 3.02. The Balaban J connectivity index is 0. The number of amides is 1. The van der Waals surface area contributed by atoms with Gasteiger partial charge in [0.05, 0.1) is 6.04 Å². The molecule has 1 aliphatic heterocycles. The molecule has 1 amide bonds. The number of likely N-dealkylation sites (tertiary alicyclic amines) is 1. The van der Waals surface area contributed by atoms with Crippen molar-refractivity contribution in [3.63, 3.8) is 0 Å². The molecule has 1 N–H and O–H groups in total. The van der Waals surface area contributed by atoms with Crippen molar-refractivity contribution < 1.29 is 42.2 Å². The quantitative estimate of drug-likeness (QED) is 0.772. The molecule has 0 spiro atoms. The molecule has 2 unspecified atom stereocenters. The second-order valence-electron chi connectivity index (χ2n) is 4.17. The molecular weight excluding hydrogens is 293 g/mol. The number of nitrogens with zero attached hydrogens (tertiary/aromatic N) is 1. The molecule has 0 aromatic rings. The first-order chi connectivity index (χ1) is 7.11. The Morgan fingerprint density at radius 1 is 1.59 bits per heavy atom. The van der Waals surface area contributed by atoms with E-state index in [0.717, 1.165) is 13.0 Å². The summed E-state index contributed by atoms with van der Waals surface area (Å²) in [5.41, 5.74) is 0. The van der Waals surface area contributed by atoms with Crippen molar-refractivity contribution in [2.45, 2.75) is 32.5 Å². The Morgan fingerprint density at radius 2 is 2.18 bits per heavy atom. The summed E-state index contributed by atoms with van der Waals surface area (Å²) in [5.74, 6) is 0.441. The summed E-state index contributed by atoms with van der Waals surface area (Å²) in [7, 11) is 1.82. The fraction of sp³-hybridized carbons (Fsp3) is 0.750. The van der Waals surface area contributed by atoms with E-state index in [4.69, 9.17) is 4.74 Å². The minimum absolute atomic E-state index is 0. The molecule has 5 heteroatoms. The first-order valence-corrected chi connectivity index (χ1v) is 5.50. The zero-order valence-electron chi connectivity index (χ0n) is 11.4. The van der Waals surface area contributed by atoms with E-state index >= 15 is 0 Å². The third-order valence-corrected chi connectivity index (χ3v) is 2.75. The maximum absolute atomic E-state index is 11.9. The van der Waals surface area contributed by atoms with Gasteiger partial charge in [0.15, 0.2) is 0 Å². The van der Waals surface area contributed by atoms with Gasteiger partial charge in [-0.05, 0) is 19.4 Å². The van der Waals surface area contributed by atoms with Crippen LogP contribution >= 0.6 is 0 Å². The summed E-state index contributed by atoms with van der Waals surface area (Å²) in [6, 6.07) is -0.0420. The van der Waals surface area contributed by atoms with Gasteiger partial charge in [-0.1, -0.05) is 20.5 Å². The van der Waals surface area contributed by atoms with E-state index < -0.39 is 0 Å². The van der Waals surface area contributed by atoms with Gasteiger partial charge in [-0.3, -0.25) is 4.79 Å². The van der Waals surface area contributed by atoms with Crippen LogP contribution in [0.15, 0.2) is 0 Å². The van der Waals surface area contributed by atoms with E-state index in [2.05, 4.69) is 26.1 Å². The van der Waals surface area contributed by atoms with Gasteiger partial charge < -0.3 is 29.3 Å². The van der Waals surface area contributed by atoms with Gasteiger partial charge in [0.25, 0.3) is 0 Å². The van der Waals surface area contributed by atoms with Crippen LogP contribution in [0.3, 0.4) is 0 Å². The minimum Gasteiger partial charge on any atom is -0.390 e. The Kier molecular flexibility index (Phi) is 11.0. The molecule has 2 atom stereocenters. The summed E-state index contributed by atoms with van der Waals surface area (Å²) in [4.78, 5) is 13.7. The zero-order chi connectivity index (χ0) is 11.4. The van der Waals surface area contributed by atoms with Crippen LogP contribution < -0.4 is 5.32 Å². The average Bonchev–Trinajstić information content (AvgIpc) is 2.55. The minimum atomic E-state index is -0.131. The van der Waals surface area contributed by atoms with Crippen molar-refractivity contribution in [2.75, 3.05) is 20.2 Å². The third kappa shape index (κ3) is 4.94. The van der Waals surface area contributed by atoms with Crippen molar-refractivity contribution in [3.05, 3.63) is 14.4 Å². The Bertz CT molecular complexity index is 225. The predicted molar refractivity (Wildman–Crippen MR) is 65.5 cm³/mol. The molecule has 1 saturated heterocycles. The van der Waals surface area contributed by atoms with Crippen molar-refractivity contribution in [1.82, 2.24) is 10.2 Å². The number of ether oxygens (including phenoxy) is 1. The monoisotopic (exact) mass is 317 g/mol. The van der Waals surface area contributed by atoms with Crippen LogP contribution in [0.2, 0.25) is 0 Å². The Hall–Kier alpha value is 0.494. The predicted octanol–water partition coefficient (Wildman–Crippen LogP) is 1.09. The van der Waals surface area contributed by atoms with Crippen LogP contribution in [-0.2, 0) is 42.2 Å². The van der Waals surface area contributed by atoms with Gasteiger partial charge in [0.1, 0.15) is 6.23 Å². The maximum Gasteiger partial charge on any atom is 0.241 e. The molecular formula is C12H24N2O2Y-2. The number of hydrogen-bond donors (Lipinski definition) is 1. The normalized spacial score (nSPS) is 21.1. The van der Waals surface area contributed by atoms with Crippen LogP contribution in [0.25, 0.3) is 0 Å². The summed E-state index contributed by atoms with van der Waals surface area (Å²) in [6.07, 6.45) is 0.729. The van der Waals surface area contributed by atoms with Gasteiger partial charge in [-0.15, -0.1) is 0 Å². The molecule has 99 valence electrons. The molecule has 1 radical (unpaired) electrons. The third-order valence-electron chi connectivity index (χ3n) is 2.75. The molecule has 1 fully saturated rings. The molecule has 1 aliphatic rings. The molecule has 0 saturated carbocycles. The molecule has 1 rings (SSSR count). The van der Waals surface area contributed by atoms with Gasteiger partial charge >= 0.3 is 0 Å². The molecule has 0 aromatic carbocycles. The number of likely N-dealkylation sites (N-methyl/N-ethyl adjacent to an activating group) is 1. The smallest absolute Gasteiger partial charge is 0.241 e. The van der Waals surface area contributed by atoms with Crippen molar-refractivity contribution >= 4 is 5.91 Å². The second-order valence-corrected chi connectivity index (χ2v) is 4.17. The van der Waals surface area contributed by atoms with Crippen LogP contribution in [0, 0.1) is 20.3 Å². The molecule has 0 aromatic heterocycles. The number of hydrogen-bond acceptors (Lipinski definition) is 3. The van der Waals surface area contributed by atoms with E-state index in [-0.39, 0.29) is 58.3 Å². The number of rotatable bonds is 5. The van der Waals surface area contributed by atoms with E-state index in [9.17, 15) is 4.79 Å². The van der Waals surface area contributed by atoms with Crippen LogP contribution in [-0.4, -0.2) is 43.3 Å². The standard InChI is InChI=1S/C11H21N2O2.CH3.Y/c1-5-15-11(8(2)3)13-7-6-9(12-4)10(13)14;;/h8-9,11-12H,1,5-7H2,2-4H3;1H3;/q2*-1;. The van der Waals surface area contributed by atoms with E-state index in [1.165, 1.54) is 0 Å². The van der Waals surface area contributed by atoms with Crippen molar-refractivity contribution in [1.29, 1.82) is 0 Å². The van der Waals surface area contributed by atoms with Gasteiger partial charge in [0, 0.05) is 39.3 Å². The maximum atomic E-state index is 11.9. The van der Waals surface area contributed by atoms with Crippen molar-refractivity contribution in [2.24, 2.45) is 5.92 Å². The van der Waals surface area contributed by atoms with Gasteiger partial charge in [-0.25, -0.2) is 0 Å². The van der Waals surface area contributed by atoms with E-state index in [1.807, 2.05) is 11.9 Å². The first-order valence-electron chi connectivity index (χ1n) is 5.50. The number of carbonyl (C=O) groups excluding carboxylic acids is 1. The van der Waals surface area contributed by atoms with Crippen LogP contribution in [0.4, 0.5) is 0 Å². The molecule has 4 nitrogen and oxygen atoms in total. The fourth-order valence-electron chi connectivity index (χ4n) is 1.99. The van der Waals surface area contributed by atoms with Crippen LogP contribution in [0.5, 0.6) is 0 Å². The largest absolute Gasteiger partial charge is 0.390 e. The number of nitrogens with one attached hydrogen (secondary N) is 1. The molecule has 0 aliphatic carbocycles. The van der Waals surface area contributed by atoms with Crippen molar-refractivity contribution in [3.8, 4) is 0 Å². The van der Waals surface area contributed by atoms with Crippen LogP contribution in [0.1, 0.15) is 20.3 Å². The first kappa shape index (κ1) is 19.8. The summed E-state index contributed by atoms with van der Waals surface area (Å²) in [6.45, 7) is 8.95. The van der Waals surface area contributed by atoms with E-state index in [1.54, 1.807) is 0 Å². The molecule has 0 bridgehead atoms. The fourth-order valence-corrected chi connectivity index (χ4v) is 1.99. The molecule has 17 heavy (non-hydrogen) atoms. The zero-order valence-corrected chi connectivity index (χ0v) is 14.2.